The van der Waals surface area contributed by atoms with Crippen molar-refractivity contribution in [1.29, 1.82) is 0 Å². The van der Waals surface area contributed by atoms with Gasteiger partial charge < -0.3 is 24.0 Å². The van der Waals surface area contributed by atoms with Crippen molar-refractivity contribution < 1.29 is 27.9 Å². The molecule has 0 spiro atoms. The summed E-state index contributed by atoms with van der Waals surface area (Å²) in [5.41, 5.74) is 2.51. The van der Waals surface area contributed by atoms with Gasteiger partial charge in [-0.1, -0.05) is 41.9 Å². The topological polar surface area (TPSA) is 3.88 Å². The van der Waals surface area contributed by atoms with Crippen LogP contribution in [-0.2, 0) is 6.54 Å². The van der Waals surface area contributed by atoms with Gasteiger partial charge in [0.2, 0.25) is 5.52 Å². The molecule has 2 aromatic carbocycles. The average molecular weight is 388 g/mol. The second kappa shape index (κ2) is 5.99. The monoisotopic (exact) mass is 387 g/mol. The number of hydrogen-bond donors (Lipinski definition) is 0. The maximum atomic E-state index is 6.04. The zero-order chi connectivity index (χ0) is 11.7. The molecule has 0 aliphatic rings. The Balaban J connectivity index is 0.00000120. The molecule has 0 saturated carbocycles. The second-order valence-electron chi connectivity index (χ2n) is 3.95. The number of benzene rings is 2. The molecule has 3 rings (SSSR count). The number of halogens is 2. The van der Waals surface area contributed by atoms with Crippen molar-refractivity contribution in [3.63, 3.8) is 0 Å². The molecule has 4 heteroatoms. The standard InChI is InChI=1S/C14H11ClNS.HI/c15-13-7-6-12-10-17-16(14(12)8-13)9-11-4-2-1-3-5-11;/h1-8,10H,9H2;1H/q+1;/p-1. The number of hydrogen-bond acceptors (Lipinski definition) is 1. The highest BCUT2D eigenvalue weighted by molar-refractivity contribution is 7.00. The molecule has 3 aromatic rings. The van der Waals surface area contributed by atoms with E-state index in [9.17, 15) is 0 Å². The van der Waals surface area contributed by atoms with Gasteiger partial charge >= 0.3 is 0 Å². The predicted octanol–water partition coefficient (Wildman–Crippen LogP) is 0.894. The van der Waals surface area contributed by atoms with Gasteiger partial charge in [0.1, 0.15) is 11.5 Å². The first-order valence-corrected chi connectivity index (χ1v) is 6.65. The maximum absolute atomic E-state index is 6.04. The molecule has 1 aromatic heterocycles. The van der Waals surface area contributed by atoms with E-state index >= 15 is 0 Å². The number of fused-ring (bicyclic) bond motifs is 1. The smallest absolute Gasteiger partial charge is 0.228 e. The average Bonchev–Trinajstić information content (AvgIpc) is 2.73. The van der Waals surface area contributed by atoms with Crippen molar-refractivity contribution in [3.05, 3.63) is 64.5 Å². The Morgan fingerprint density at radius 1 is 1.06 bits per heavy atom. The fourth-order valence-electron chi connectivity index (χ4n) is 1.88. The summed E-state index contributed by atoms with van der Waals surface area (Å²) in [7, 11) is 0. The lowest BCUT2D eigenvalue weighted by Crippen LogP contribution is -3.00. The lowest BCUT2D eigenvalue weighted by Gasteiger charge is -1.95. The largest absolute Gasteiger partial charge is 1.00 e. The molecule has 0 radical (unpaired) electrons. The summed E-state index contributed by atoms with van der Waals surface area (Å²) in [5, 5.41) is 4.20. The van der Waals surface area contributed by atoms with Gasteiger partial charge in [-0.25, -0.2) is 0 Å². The summed E-state index contributed by atoms with van der Waals surface area (Å²) in [6.07, 6.45) is 0. The molecule has 0 N–H and O–H groups in total. The molecular weight excluding hydrogens is 377 g/mol. The van der Waals surface area contributed by atoms with Gasteiger partial charge in [-0.3, -0.25) is 0 Å². The Hall–Kier alpha value is -0.650. The highest BCUT2D eigenvalue weighted by Crippen LogP contribution is 2.19. The van der Waals surface area contributed by atoms with E-state index in [0.717, 1.165) is 11.6 Å². The molecule has 1 heterocycles. The van der Waals surface area contributed by atoms with E-state index in [2.05, 4.69) is 39.7 Å². The van der Waals surface area contributed by atoms with E-state index in [4.69, 9.17) is 11.6 Å². The van der Waals surface area contributed by atoms with Crippen LogP contribution in [0.4, 0.5) is 0 Å². The minimum absolute atomic E-state index is 0. The Morgan fingerprint density at radius 2 is 1.83 bits per heavy atom. The zero-order valence-corrected chi connectivity index (χ0v) is 13.2. The van der Waals surface area contributed by atoms with Crippen molar-refractivity contribution in [2.75, 3.05) is 0 Å². The van der Waals surface area contributed by atoms with Gasteiger partial charge in [0.05, 0.1) is 10.8 Å². The SMILES string of the molecule is Clc1ccc2cs[n+](Cc3ccccc3)c2c1.[I-]. The van der Waals surface area contributed by atoms with Crippen LogP contribution in [0.5, 0.6) is 0 Å². The Labute approximate surface area is 132 Å². The van der Waals surface area contributed by atoms with Gasteiger partial charge in [0.25, 0.3) is 0 Å². The highest BCUT2D eigenvalue weighted by atomic mass is 127. The lowest BCUT2D eigenvalue weighted by molar-refractivity contribution is -0.592. The van der Waals surface area contributed by atoms with E-state index in [0.29, 0.717) is 0 Å². The van der Waals surface area contributed by atoms with Crippen molar-refractivity contribution >= 4 is 34.0 Å². The van der Waals surface area contributed by atoms with Gasteiger partial charge in [-0.2, -0.15) is 0 Å². The first-order chi connectivity index (χ1) is 8.33. The fourth-order valence-corrected chi connectivity index (χ4v) is 2.98. The van der Waals surface area contributed by atoms with Crippen LogP contribution in [0.15, 0.2) is 53.9 Å². The number of aromatic nitrogens is 1. The van der Waals surface area contributed by atoms with Gasteiger partial charge in [0.15, 0.2) is 6.54 Å². The molecule has 0 fully saturated rings. The quantitative estimate of drug-likeness (QED) is 0.454. The maximum Gasteiger partial charge on any atom is 0.228 e. The summed E-state index contributed by atoms with van der Waals surface area (Å²) in [5.74, 6) is 0. The molecule has 0 amide bonds. The molecule has 0 bridgehead atoms. The van der Waals surface area contributed by atoms with Crippen LogP contribution in [0.2, 0.25) is 5.02 Å². The normalized spacial score (nSPS) is 10.3. The first kappa shape index (κ1) is 13.8. The van der Waals surface area contributed by atoms with Crippen LogP contribution in [-0.4, -0.2) is 0 Å². The number of rotatable bonds is 2. The zero-order valence-electron chi connectivity index (χ0n) is 9.51. The summed E-state index contributed by atoms with van der Waals surface area (Å²) in [6.45, 7) is 0.898. The summed E-state index contributed by atoms with van der Waals surface area (Å²) in [4.78, 5) is 0. The Kier molecular flexibility index (Phi) is 4.59. The summed E-state index contributed by atoms with van der Waals surface area (Å²) in [6, 6.07) is 16.5. The third-order valence-corrected chi connectivity index (χ3v) is 3.91. The van der Waals surface area contributed by atoms with Crippen molar-refractivity contribution in [1.82, 2.24) is 0 Å². The minimum atomic E-state index is 0. The summed E-state index contributed by atoms with van der Waals surface area (Å²) >= 11 is 7.77. The predicted molar refractivity (Wildman–Crippen MR) is 72.6 cm³/mol. The van der Waals surface area contributed by atoms with Crippen LogP contribution < -0.4 is 27.9 Å². The van der Waals surface area contributed by atoms with Crippen LogP contribution in [0.3, 0.4) is 0 Å². The van der Waals surface area contributed by atoms with Crippen LogP contribution in [0, 0.1) is 0 Å². The molecule has 0 aliphatic heterocycles. The Morgan fingerprint density at radius 3 is 2.61 bits per heavy atom. The molecule has 0 aliphatic carbocycles. The third-order valence-electron chi connectivity index (χ3n) is 2.74. The molecule has 0 unspecified atom stereocenters. The molecule has 0 atom stereocenters. The van der Waals surface area contributed by atoms with E-state index in [1.54, 1.807) is 11.5 Å². The van der Waals surface area contributed by atoms with E-state index in [-0.39, 0.29) is 24.0 Å². The lowest BCUT2D eigenvalue weighted by atomic mass is 10.2. The van der Waals surface area contributed by atoms with Crippen LogP contribution in [0.1, 0.15) is 5.56 Å². The van der Waals surface area contributed by atoms with E-state index < -0.39 is 0 Å². The van der Waals surface area contributed by atoms with Crippen molar-refractivity contribution in [2.45, 2.75) is 6.54 Å². The van der Waals surface area contributed by atoms with Crippen molar-refractivity contribution in [3.8, 4) is 0 Å². The summed E-state index contributed by atoms with van der Waals surface area (Å²) < 4.78 is 2.26. The van der Waals surface area contributed by atoms with Gasteiger partial charge in [-0.05, 0) is 12.1 Å². The Bertz CT molecular complexity index is 651. The highest BCUT2D eigenvalue weighted by Gasteiger charge is 2.13. The van der Waals surface area contributed by atoms with Gasteiger partial charge in [0, 0.05) is 16.7 Å². The molecule has 0 saturated heterocycles. The fraction of sp³-hybridized carbons (Fsp3) is 0.0714. The molecule has 18 heavy (non-hydrogen) atoms. The minimum Gasteiger partial charge on any atom is -1.00 e. The second-order valence-corrected chi connectivity index (χ2v) is 5.27. The van der Waals surface area contributed by atoms with E-state index in [1.165, 1.54) is 16.5 Å². The van der Waals surface area contributed by atoms with Gasteiger partial charge in [-0.15, -0.1) is 3.96 Å². The van der Waals surface area contributed by atoms with E-state index in [1.807, 2.05) is 18.2 Å². The first-order valence-electron chi connectivity index (χ1n) is 5.44. The van der Waals surface area contributed by atoms with Crippen LogP contribution in [0.25, 0.3) is 10.9 Å². The number of nitrogens with zero attached hydrogens (tertiary/aromatic N) is 1. The van der Waals surface area contributed by atoms with Crippen molar-refractivity contribution in [2.24, 2.45) is 0 Å². The molecular formula is C14H11ClINS. The van der Waals surface area contributed by atoms with Crippen LogP contribution >= 0.6 is 23.1 Å². The molecule has 1 nitrogen and oxygen atoms in total. The third kappa shape index (κ3) is 2.84. The molecule has 92 valence electrons.